The number of hydrogen-bond donors (Lipinski definition) is 0. The third-order valence-corrected chi connectivity index (χ3v) is 5.08. The Labute approximate surface area is 138 Å². The first-order chi connectivity index (χ1) is 11.3. The van der Waals surface area contributed by atoms with Gasteiger partial charge < -0.3 is 9.80 Å². The number of piperidine rings is 1. The van der Waals surface area contributed by atoms with Crippen molar-refractivity contribution in [3.8, 4) is 0 Å². The summed E-state index contributed by atoms with van der Waals surface area (Å²) in [5.41, 5.74) is 2.72. The lowest BCUT2D eigenvalue weighted by Gasteiger charge is -2.33. The number of aryl methyl sites for hydroxylation is 1. The Bertz CT molecular complexity index is 677. The van der Waals surface area contributed by atoms with Crippen molar-refractivity contribution < 1.29 is 0 Å². The van der Waals surface area contributed by atoms with Gasteiger partial charge in [0.1, 0.15) is 5.82 Å². The molecule has 4 rings (SSSR count). The SMILES string of the molecule is CC1CCN(c2nccc(N3CCCc4ccccc43)n2)CC1. The normalized spacial score (nSPS) is 18.8. The smallest absolute Gasteiger partial charge is 0.227 e. The van der Waals surface area contributed by atoms with Gasteiger partial charge in [-0.05, 0) is 49.3 Å². The molecule has 2 aromatic rings. The third-order valence-electron chi connectivity index (χ3n) is 5.08. The van der Waals surface area contributed by atoms with E-state index in [4.69, 9.17) is 4.98 Å². The van der Waals surface area contributed by atoms with E-state index < -0.39 is 0 Å². The Hall–Kier alpha value is -2.10. The predicted octanol–water partition coefficient (Wildman–Crippen LogP) is 3.80. The molecule has 0 unspecified atom stereocenters. The number of fused-ring (bicyclic) bond motifs is 1. The minimum atomic E-state index is 0.823. The van der Waals surface area contributed by atoms with Gasteiger partial charge in [0.2, 0.25) is 5.95 Å². The van der Waals surface area contributed by atoms with Crippen molar-refractivity contribution in [1.29, 1.82) is 0 Å². The summed E-state index contributed by atoms with van der Waals surface area (Å²) in [6, 6.07) is 10.7. The van der Waals surface area contributed by atoms with Gasteiger partial charge in [-0.2, -0.15) is 4.98 Å². The largest absolute Gasteiger partial charge is 0.341 e. The molecule has 0 amide bonds. The fourth-order valence-corrected chi connectivity index (χ4v) is 3.62. The van der Waals surface area contributed by atoms with Crippen LogP contribution >= 0.6 is 0 Å². The maximum atomic E-state index is 4.88. The van der Waals surface area contributed by atoms with Crippen LogP contribution in [0.3, 0.4) is 0 Å². The monoisotopic (exact) mass is 308 g/mol. The van der Waals surface area contributed by atoms with Crippen molar-refractivity contribution in [3.05, 3.63) is 42.1 Å². The second-order valence-corrected chi connectivity index (χ2v) is 6.77. The Kier molecular flexibility index (Phi) is 3.90. The molecule has 120 valence electrons. The van der Waals surface area contributed by atoms with E-state index in [2.05, 4.69) is 46.0 Å². The Morgan fingerprint density at radius 2 is 1.87 bits per heavy atom. The Morgan fingerprint density at radius 3 is 2.74 bits per heavy atom. The van der Waals surface area contributed by atoms with Crippen LogP contribution in [0.1, 0.15) is 31.7 Å². The summed E-state index contributed by atoms with van der Waals surface area (Å²) in [6.45, 7) is 5.51. The van der Waals surface area contributed by atoms with Gasteiger partial charge >= 0.3 is 0 Å². The lowest BCUT2D eigenvalue weighted by molar-refractivity contribution is 0.434. The first-order valence-electron chi connectivity index (χ1n) is 8.75. The summed E-state index contributed by atoms with van der Waals surface area (Å²) in [7, 11) is 0. The number of aromatic nitrogens is 2. The summed E-state index contributed by atoms with van der Waals surface area (Å²) in [5.74, 6) is 2.74. The molecule has 1 aromatic carbocycles. The van der Waals surface area contributed by atoms with Crippen molar-refractivity contribution in [1.82, 2.24) is 9.97 Å². The number of rotatable bonds is 2. The number of nitrogens with zero attached hydrogens (tertiary/aromatic N) is 4. The maximum absolute atomic E-state index is 4.88. The number of para-hydroxylation sites is 1. The molecular weight excluding hydrogens is 284 g/mol. The van der Waals surface area contributed by atoms with Crippen molar-refractivity contribution in [2.24, 2.45) is 5.92 Å². The fourth-order valence-electron chi connectivity index (χ4n) is 3.62. The van der Waals surface area contributed by atoms with Gasteiger partial charge in [0.05, 0.1) is 0 Å². The van der Waals surface area contributed by atoms with Crippen LogP contribution in [0.5, 0.6) is 0 Å². The summed E-state index contributed by atoms with van der Waals surface area (Å²) < 4.78 is 0. The van der Waals surface area contributed by atoms with Crippen LogP contribution in [0.2, 0.25) is 0 Å². The summed E-state index contributed by atoms with van der Waals surface area (Å²) in [6.07, 6.45) is 6.72. The zero-order valence-electron chi connectivity index (χ0n) is 13.8. The van der Waals surface area contributed by atoms with Crippen molar-refractivity contribution in [3.63, 3.8) is 0 Å². The second-order valence-electron chi connectivity index (χ2n) is 6.77. The zero-order chi connectivity index (χ0) is 15.6. The Morgan fingerprint density at radius 1 is 1.04 bits per heavy atom. The second kappa shape index (κ2) is 6.19. The molecule has 4 nitrogen and oxygen atoms in total. The van der Waals surface area contributed by atoms with Gasteiger partial charge in [0.15, 0.2) is 0 Å². The van der Waals surface area contributed by atoms with Crippen LogP contribution in [0.4, 0.5) is 17.5 Å². The van der Waals surface area contributed by atoms with Gasteiger partial charge in [0.25, 0.3) is 0 Å². The molecule has 23 heavy (non-hydrogen) atoms. The summed E-state index contributed by atoms with van der Waals surface area (Å²) >= 11 is 0. The van der Waals surface area contributed by atoms with Gasteiger partial charge in [-0.15, -0.1) is 0 Å². The van der Waals surface area contributed by atoms with Gasteiger partial charge in [-0.3, -0.25) is 0 Å². The maximum Gasteiger partial charge on any atom is 0.227 e. The predicted molar refractivity (Wildman–Crippen MR) is 94.4 cm³/mol. The first-order valence-corrected chi connectivity index (χ1v) is 8.75. The average Bonchev–Trinajstić information content (AvgIpc) is 2.62. The van der Waals surface area contributed by atoms with Crippen LogP contribution in [0.25, 0.3) is 0 Å². The van der Waals surface area contributed by atoms with E-state index >= 15 is 0 Å². The van der Waals surface area contributed by atoms with Crippen LogP contribution in [0.15, 0.2) is 36.5 Å². The van der Waals surface area contributed by atoms with Crippen LogP contribution in [0, 0.1) is 5.92 Å². The topological polar surface area (TPSA) is 32.3 Å². The highest BCUT2D eigenvalue weighted by atomic mass is 15.3. The molecule has 1 saturated heterocycles. The standard InChI is InChI=1S/C19H24N4/c1-15-9-13-22(14-10-15)19-20-11-8-18(21-19)23-12-4-6-16-5-2-3-7-17(16)23/h2-3,5,7-8,11,15H,4,6,9-10,12-14H2,1H3. The van der Waals surface area contributed by atoms with Crippen LogP contribution < -0.4 is 9.80 Å². The van der Waals surface area contributed by atoms with Crippen molar-refractivity contribution in [2.75, 3.05) is 29.4 Å². The third kappa shape index (κ3) is 2.90. The van der Waals surface area contributed by atoms with E-state index in [-0.39, 0.29) is 0 Å². The molecule has 3 heterocycles. The lowest BCUT2D eigenvalue weighted by Crippen LogP contribution is -2.34. The molecule has 0 spiro atoms. The highest BCUT2D eigenvalue weighted by Gasteiger charge is 2.21. The highest BCUT2D eigenvalue weighted by Crippen LogP contribution is 2.32. The van der Waals surface area contributed by atoms with Crippen LogP contribution in [-0.2, 0) is 6.42 Å². The van der Waals surface area contributed by atoms with E-state index in [1.54, 1.807) is 0 Å². The van der Waals surface area contributed by atoms with Crippen molar-refractivity contribution >= 4 is 17.5 Å². The van der Waals surface area contributed by atoms with Crippen molar-refractivity contribution in [2.45, 2.75) is 32.6 Å². The zero-order valence-corrected chi connectivity index (χ0v) is 13.8. The van der Waals surface area contributed by atoms with E-state index in [1.165, 1.54) is 30.5 Å². The molecule has 0 N–H and O–H groups in total. The fraction of sp³-hybridized carbons (Fsp3) is 0.474. The van der Waals surface area contributed by atoms with E-state index in [0.717, 1.165) is 43.7 Å². The molecule has 0 radical (unpaired) electrons. The minimum Gasteiger partial charge on any atom is -0.341 e. The lowest BCUT2D eigenvalue weighted by atomic mass is 10.00. The molecule has 0 bridgehead atoms. The summed E-state index contributed by atoms with van der Waals surface area (Å²) in [4.78, 5) is 14.1. The molecule has 1 aromatic heterocycles. The molecule has 0 saturated carbocycles. The number of benzene rings is 1. The summed E-state index contributed by atoms with van der Waals surface area (Å²) in [5, 5.41) is 0. The molecule has 0 atom stereocenters. The molecular formula is C19H24N4. The van der Waals surface area contributed by atoms with E-state index in [0.29, 0.717) is 0 Å². The Balaban J connectivity index is 1.62. The molecule has 1 fully saturated rings. The molecule has 0 aliphatic carbocycles. The molecule has 2 aliphatic rings. The number of hydrogen-bond acceptors (Lipinski definition) is 4. The first kappa shape index (κ1) is 14.5. The van der Waals surface area contributed by atoms with Gasteiger partial charge in [-0.1, -0.05) is 25.1 Å². The quantitative estimate of drug-likeness (QED) is 0.845. The molecule has 2 aliphatic heterocycles. The van der Waals surface area contributed by atoms with Gasteiger partial charge in [-0.25, -0.2) is 4.98 Å². The van der Waals surface area contributed by atoms with E-state index in [9.17, 15) is 0 Å². The number of anilines is 3. The minimum absolute atomic E-state index is 0.823. The average molecular weight is 308 g/mol. The molecule has 4 heteroatoms. The van der Waals surface area contributed by atoms with E-state index in [1.807, 2.05) is 12.3 Å². The van der Waals surface area contributed by atoms with Gasteiger partial charge in [0, 0.05) is 31.5 Å². The van der Waals surface area contributed by atoms with Crippen LogP contribution in [-0.4, -0.2) is 29.6 Å². The highest BCUT2D eigenvalue weighted by molar-refractivity contribution is 5.65.